The molecule has 0 radical (unpaired) electrons. The van der Waals surface area contributed by atoms with E-state index in [0.29, 0.717) is 18.0 Å². The largest absolute Gasteiger partial charge is 0.493 e. The fraction of sp³-hybridized carbons (Fsp3) is 0.409. The fourth-order valence-corrected chi connectivity index (χ4v) is 3.41. The Bertz CT molecular complexity index is 764. The lowest BCUT2D eigenvalue weighted by atomic mass is 10.0. The SMILES string of the molecule is COc1ccccc1OCC(O)CN1CCC(NC(=O)Nc2ccccc2)CC1. The maximum absolute atomic E-state index is 12.1. The van der Waals surface area contributed by atoms with Crippen LogP contribution in [0.4, 0.5) is 10.5 Å². The first-order valence-electron chi connectivity index (χ1n) is 9.93. The van der Waals surface area contributed by atoms with Gasteiger partial charge in [0.2, 0.25) is 0 Å². The van der Waals surface area contributed by atoms with Crippen molar-refractivity contribution < 1.29 is 19.4 Å². The molecule has 0 spiro atoms. The number of benzene rings is 2. The van der Waals surface area contributed by atoms with E-state index in [4.69, 9.17) is 9.47 Å². The van der Waals surface area contributed by atoms with Crippen LogP contribution >= 0.6 is 0 Å². The van der Waals surface area contributed by atoms with Crippen molar-refractivity contribution in [3.63, 3.8) is 0 Å². The molecule has 1 saturated heterocycles. The number of hydrogen-bond donors (Lipinski definition) is 3. The van der Waals surface area contributed by atoms with Crippen LogP contribution in [-0.4, -0.2) is 61.5 Å². The summed E-state index contributed by atoms with van der Waals surface area (Å²) in [7, 11) is 1.59. The van der Waals surface area contributed by atoms with Gasteiger partial charge in [0, 0.05) is 31.4 Å². The van der Waals surface area contributed by atoms with Crippen LogP contribution in [0.2, 0.25) is 0 Å². The highest BCUT2D eigenvalue weighted by Gasteiger charge is 2.22. The van der Waals surface area contributed by atoms with E-state index in [-0.39, 0.29) is 18.7 Å². The monoisotopic (exact) mass is 399 g/mol. The molecule has 0 aromatic heterocycles. The van der Waals surface area contributed by atoms with E-state index in [1.807, 2.05) is 54.6 Å². The first-order chi connectivity index (χ1) is 14.1. The number of carbonyl (C=O) groups excluding carboxylic acids is 1. The Morgan fingerprint density at radius 3 is 2.45 bits per heavy atom. The smallest absolute Gasteiger partial charge is 0.319 e. The quantitative estimate of drug-likeness (QED) is 0.636. The molecular formula is C22H29N3O4. The van der Waals surface area contributed by atoms with E-state index < -0.39 is 6.10 Å². The second kappa shape index (κ2) is 10.7. The van der Waals surface area contributed by atoms with E-state index in [9.17, 15) is 9.90 Å². The zero-order valence-corrected chi connectivity index (χ0v) is 16.7. The van der Waals surface area contributed by atoms with Crippen molar-refractivity contribution in [3.05, 3.63) is 54.6 Å². The molecule has 1 aliphatic heterocycles. The minimum Gasteiger partial charge on any atom is -0.493 e. The number of anilines is 1. The molecule has 2 amide bonds. The summed E-state index contributed by atoms with van der Waals surface area (Å²) >= 11 is 0. The Labute approximate surface area is 171 Å². The van der Waals surface area contributed by atoms with E-state index >= 15 is 0 Å². The third kappa shape index (κ3) is 6.66. The summed E-state index contributed by atoms with van der Waals surface area (Å²) in [4.78, 5) is 14.3. The lowest BCUT2D eigenvalue weighted by Crippen LogP contribution is -2.48. The number of urea groups is 1. The summed E-state index contributed by atoms with van der Waals surface area (Å²) in [5.41, 5.74) is 0.778. The number of aliphatic hydroxyl groups excluding tert-OH is 1. The van der Waals surface area contributed by atoms with Gasteiger partial charge in [0.1, 0.15) is 12.7 Å². The molecule has 0 saturated carbocycles. The standard InChI is InChI=1S/C22H29N3O4/c1-28-20-9-5-6-10-21(20)29-16-19(26)15-25-13-11-18(12-14-25)24-22(27)23-17-7-3-2-4-8-17/h2-10,18-19,26H,11-16H2,1H3,(H2,23,24,27). The summed E-state index contributed by atoms with van der Waals surface area (Å²) in [6.07, 6.45) is 1.11. The summed E-state index contributed by atoms with van der Waals surface area (Å²) in [5, 5.41) is 16.2. The van der Waals surface area contributed by atoms with Crippen LogP contribution in [0.15, 0.2) is 54.6 Å². The highest BCUT2D eigenvalue weighted by atomic mass is 16.5. The molecular weight excluding hydrogens is 370 g/mol. The van der Waals surface area contributed by atoms with Crippen LogP contribution in [0.1, 0.15) is 12.8 Å². The zero-order valence-electron chi connectivity index (χ0n) is 16.7. The number of carbonyl (C=O) groups is 1. The number of likely N-dealkylation sites (tertiary alicyclic amines) is 1. The molecule has 7 nitrogen and oxygen atoms in total. The average molecular weight is 399 g/mol. The first-order valence-corrected chi connectivity index (χ1v) is 9.93. The molecule has 1 atom stereocenters. The van der Waals surface area contributed by atoms with Crippen LogP contribution < -0.4 is 20.1 Å². The van der Waals surface area contributed by atoms with Crippen LogP contribution in [0.25, 0.3) is 0 Å². The predicted octanol–water partition coefficient (Wildman–Crippen LogP) is 2.72. The van der Waals surface area contributed by atoms with Gasteiger partial charge in [-0.1, -0.05) is 30.3 Å². The van der Waals surface area contributed by atoms with Gasteiger partial charge in [-0.05, 0) is 37.1 Å². The van der Waals surface area contributed by atoms with Crippen molar-refractivity contribution in [2.75, 3.05) is 38.7 Å². The Morgan fingerprint density at radius 1 is 1.10 bits per heavy atom. The molecule has 1 unspecified atom stereocenters. The maximum Gasteiger partial charge on any atom is 0.319 e. The Hall–Kier alpha value is -2.77. The lowest BCUT2D eigenvalue weighted by Gasteiger charge is -2.33. The average Bonchev–Trinajstić information content (AvgIpc) is 2.74. The predicted molar refractivity (Wildman–Crippen MR) is 113 cm³/mol. The van der Waals surface area contributed by atoms with Gasteiger partial charge in [0.15, 0.2) is 11.5 Å². The van der Waals surface area contributed by atoms with Gasteiger partial charge >= 0.3 is 6.03 Å². The topological polar surface area (TPSA) is 83.1 Å². The molecule has 3 rings (SSSR count). The van der Waals surface area contributed by atoms with Crippen LogP contribution in [0.3, 0.4) is 0 Å². The second-order valence-electron chi connectivity index (χ2n) is 7.16. The van der Waals surface area contributed by atoms with E-state index in [2.05, 4.69) is 15.5 Å². The molecule has 2 aromatic rings. The molecule has 1 fully saturated rings. The third-order valence-corrected chi connectivity index (χ3v) is 4.92. The number of rotatable bonds is 8. The Kier molecular flexibility index (Phi) is 7.72. The van der Waals surface area contributed by atoms with E-state index in [1.165, 1.54) is 0 Å². The van der Waals surface area contributed by atoms with Crippen molar-refractivity contribution in [2.45, 2.75) is 25.0 Å². The normalized spacial score (nSPS) is 16.1. The van der Waals surface area contributed by atoms with Crippen molar-refractivity contribution in [3.8, 4) is 11.5 Å². The molecule has 29 heavy (non-hydrogen) atoms. The molecule has 3 N–H and O–H groups in total. The number of nitrogens with zero attached hydrogens (tertiary/aromatic N) is 1. The van der Waals surface area contributed by atoms with Crippen molar-refractivity contribution in [1.29, 1.82) is 0 Å². The number of methoxy groups -OCH3 is 1. The lowest BCUT2D eigenvalue weighted by molar-refractivity contribution is 0.0576. The highest BCUT2D eigenvalue weighted by molar-refractivity contribution is 5.89. The fourth-order valence-electron chi connectivity index (χ4n) is 3.41. The van der Waals surface area contributed by atoms with Gasteiger partial charge in [-0.2, -0.15) is 0 Å². The Balaban J connectivity index is 1.35. The molecule has 0 bridgehead atoms. The number of aliphatic hydroxyl groups is 1. The van der Waals surface area contributed by atoms with E-state index in [1.54, 1.807) is 7.11 Å². The summed E-state index contributed by atoms with van der Waals surface area (Å²) in [5.74, 6) is 1.28. The van der Waals surface area contributed by atoms with Crippen LogP contribution in [-0.2, 0) is 0 Å². The molecule has 2 aromatic carbocycles. The summed E-state index contributed by atoms with van der Waals surface area (Å²) < 4.78 is 10.9. The first kappa shape index (κ1) is 21.0. The number of piperidine rings is 1. The van der Waals surface area contributed by atoms with Crippen molar-refractivity contribution in [2.24, 2.45) is 0 Å². The molecule has 156 valence electrons. The molecule has 7 heteroatoms. The molecule has 1 aliphatic rings. The van der Waals surface area contributed by atoms with E-state index in [0.717, 1.165) is 31.6 Å². The van der Waals surface area contributed by atoms with Gasteiger partial charge in [-0.3, -0.25) is 0 Å². The second-order valence-corrected chi connectivity index (χ2v) is 7.16. The number of ether oxygens (including phenoxy) is 2. The van der Waals surface area contributed by atoms with Crippen molar-refractivity contribution >= 4 is 11.7 Å². The summed E-state index contributed by atoms with van der Waals surface area (Å²) in [6, 6.07) is 16.8. The Morgan fingerprint density at radius 2 is 1.76 bits per heavy atom. The number of hydrogen-bond acceptors (Lipinski definition) is 5. The van der Waals surface area contributed by atoms with Crippen LogP contribution in [0.5, 0.6) is 11.5 Å². The number of nitrogens with one attached hydrogen (secondary N) is 2. The van der Waals surface area contributed by atoms with Gasteiger partial charge < -0.3 is 30.1 Å². The van der Waals surface area contributed by atoms with Gasteiger partial charge in [0.05, 0.1) is 7.11 Å². The van der Waals surface area contributed by atoms with Gasteiger partial charge in [-0.15, -0.1) is 0 Å². The summed E-state index contributed by atoms with van der Waals surface area (Å²) in [6.45, 7) is 2.39. The zero-order chi connectivity index (χ0) is 20.5. The minimum absolute atomic E-state index is 0.136. The molecule has 1 heterocycles. The third-order valence-electron chi connectivity index (χ3n) is 4.92. The van der Waals surface area contributed by atoms with Crippen LogP contribution in [0, 0.1) is 0 Å². The van der Waals surface area contributed by atoms with Gasteiger partial charge in [-0.25, -0.2) is 4.79 Å². The minimum atomic E-state index is -0.592. The number of β-amino-alcohol motifs (C(OH)–C–C–N with tert-alkyl or cyclic N) is 1. The highest BCUT2D eigenvalue weighted by Crippen LogP contribution is 2.25. The van der Waals surface area contributed by atoms with Crippen molar-refractivity contribution in [1.82, 2.24) is 10.2 Å². The van der Waals surface area contributed by atoms with Gasteiger partial charge in [0.25, 0.3) is 0 Å². The maximum atomic E-state index is 12.1. The number of amides is 2. The molecule has 0 aliphatic carbocycles. The number of para-hydroxylation sites is 3.